The van der Waals surface area contributed by atoms with E-state index in [9.17, 15) is 0 Å². The number of nitrogens with two attached hydrogens (primary N) is 1. The van der Waals surface area contributed by atoms with E-state index in [1.54, 1.807) is 0 Å². The van der Waals surface area contributed by atoms with Crippen LogP contribution in [0.4, 0.5) is 23.1 Å². The Labute approximate surface area is 129 Å². The summed E-state index contributed by atoms with van der Waals surface area (Å²) in [6.45, 7) is 2.28. The summed E-state index contributed by atoms with van der Waals surface area (Å²) in [6, 6.07) is 8.29. The highest BCUT2D eigenvalue weighted by Crippen LogP contribution is 2.26. The van der Waals surface area contributed by atoms with Gasteiger partial charge in [0.1, 0.15) is 5.02 Å². The molecule has 2 heterocycles. The van der Waals surface area contributed by atoms with Crippen LogP contribution in [0.5, 0.6) is 0 Å². The van der Waals surface area contributed by atoms with Gasteiger partial charge in [0, 0.05) is 24.5 Å². The zero-order chi connectivity index (χ0) is 14.7. The van der Waals surface area contributed by atoms with Crippen LogP contribution in [0.2, 0.25) is 5.02 Å². The van der Waals surface area contributed by atoms with Crippen LogP contribution in [-0.2, 0) is 0 Å². The third-order valence-electron chi connectivity index (χ3n) is 3.61. The number of hydrogen-bond acceptors (Lipinski definition) is 5. The Morgan fingerprint density at radius 3 is 2.52 bits per heavy atom. The SMILES string of the molecule is Nc1ncc(Cl)c(Nc2ccc(N3CCCCC3)cc2)n1. The van der Waals surface area contributed by atoms with Gasteiger partial charge in [0.15, 0.2) is 5.82 Å². The van der Waals surface area contributed by atoms with Crippen LogP contribution in [0.3, 0.4) is 0 Å². The molecule has 110 valence electrons. The lowest BCUT2D eigenvalue weighted by molar-refractivity contribution is 0.578. The van der Waals surface area contributed by atoms with E-state index < -0.39 is 0 Å². The number of nitrogen functional groups attached to an aromatic ring is 1. The van der Waals surface area contributed by atoms with Crippen molar-refractivity contribution in [3.8, 4) is 0 Å². The Bertz CT molecular complexity index is 608. The van der Waals surface area contributed by atoms with Crippen LogP contribution in [0.25, 0.3) is 0 Å². The normalized spacial score (nSPS) is 15.0. The Morgan fingerprint density at radius 2 is 1.81 bits per heavy atom. The Balaban J connectivity index is 1.73. The second-order valence-electron chi connectivity index (χ2n) is 5.14. The fourth-order valence-corrected chi connectivity index (χ4v) is 2.65. The van der Waals surface area contributed by atoms with Crippen molar-refractivity contribution in [2.45, 2.75) is 19.3 Å². The van der Waals surface area contributed by atoms with Crippen LogP contribution in [0.1, 0.15) is 19.3 Å². The fraction of sp³-hybridized carbons (Fsp3) is 0.333. The van der Waals surface area contributed by atoms with Crippen LogP contribution in [0.15, 0.2) is 30.5 Å². The van der Waals surface area contributed by atoms with E-state index in [4.69, 9.17) is 17.3 Å². The highest BCUT2D eigenvalue weighted by atomic mass is 35.5. The van der Waals surface area contributed by atoms with Crippen molar-refractivity contribution >= 4 is 34.7 Å². The molecule has 1 aromatic heterocycles. The second-order valence-corrected chi connectivity index (χ2v) is 5.55. The first-order chi connectivity index (χ1) is 10.2. The molecule has 21 heavy (non-hydrogen) atoms. The van der Waals surface area contributed by atoms with Gasteiger partial charge in [-0.15, -0.1) is 0 Å². The molecule has 6 heteroatoms. The quantitative estimate of drug-likeness (QED) is 0.909. The van der Waals surface area contributed by atoms with Crippen LogP contribution < -0.4 is 16.0 Å². The predicted octanol–water partition coefficient (Wildman–Crippen LogP) is 3.45. The van der Waals surface area contributed by atoms with Crippen molar-refractivity contribution in [1.29, 1.82) is 0 Å². The zero-order valence-corrected chi connectivity index (χ0v) is 12.5. The third-order valence-corrected chi connectivity index (χ3v) is 3.89. The Hall–Kier alpha value is -2.01. The van der Waals surface area contributed by atoms with E-state index in [1.165, 1.54) is 31.1 Å². The number of nitrogens with one attached hydrogen (secondary N) is 1. The molecule has 1 fully saturated rings. The molecule has 0 unspecified atom stereocenters. The first kappa shape index (κ1) is 13.9. The van der Waals surface area contributed by atoms with Crippen molar-refractivity contribution in [1.82, 2.24) is 9.97 Å². The summed E-state index contributed by atoms with van der Waals surface area (Å²) >= 11 is 6.05. The van der Waals surface area contributed by atoms with E-state index in [-0.39, 0.29) is 5.95 Å². The van der Waals surface area contributed by atoms with Crippen molar-refractivity contribution in [2.24, 2.45) is 0 Å². The standard InChI is InChI=1S/C15H18ClN5/c16-13-10-18-15(17)20-14(13)19-11-4-6-12(7-5-11)21-8-2-1-3-9-21/h4-7,10H,1-3,8-9H2,(H3,17,18,19,20). The summed E-state index contributed by atoms with van der Waals surface area (Å²) in [5.41, 5.74) is 7.76. The van der Waals surface area contributed by atoms with Gasteiger partial charge >= 0.3 is 0 Å². The first-order valence-electron chi connectivity index (χ1n) is 7.12. The number of anilines is 4. The number of benzene rings is 1. The number of piperidine rings is 1. The molecule has 0 atom stereocenters. The van der Waals surface area contributed by atoms with Gasteiger partial charge in [-0.2, -0.15) is 4.98 Å². The van der Waals surface area contributed by atoms with E-state index in [0.29, 0.717) is 10.8 Å². The molecule has 1 aliphatic rings. The van der Waals surface area contributed by atoms with Crippen LogP contribution in [-0.4, -0.2) is 23.1 Å². The summed E-state index contributed by atoms with van der Waals surface area (Å²) in [6.07, 6.45) is 5.38. The van der Waals surface area contributed by atoms with Gasteiger partial charge in [-0.1, -0.05) is 11.6 Å². The van der Waals surface area contributed by atoms with Gasteiger partial charge in [0.05, 0.1) is 6.20 Å². The fourth-order valence-electron chi connectivity index (χ4n) is 2.51. The minimum Gasteiger partial charge on any atom is -0.372 e. The second kappa shape index (κ2) is 6.18. The van der Waals surface area contributed by atoms with E-state index >= 15 is 0 Å². The molecule has 1 aromatic carbocycles. The van der Waals surface area contributed by atoms with E-state index in [1.807, 2.05) is 12.1 Å². The van der Waals surface area contributed by atoms with Crippen molar-refractivity contribution < 1.29 is 0 Å². The summed E-state index contributed by atoms with van der Waals surface area (Å²) in [5.74, 6) is 0.724. The van der Waals surface area contributed by atoms with E-state index in [2.05, 4.69) is 32.3 Å². The predicted molar refractivity (Wildman–Crippen MR) is 87.2 cm³/mol. The van der Waals surface area contributed by atoms with Crippen LogP contribution >= 0.6 is 11.6 Å². The van der Waals surface area contributed by atoms with Gasteiger partial charge in [-0.05, 0) is 43.5 Å². The molecule has 1 saturated heterocycles. The minimum atomic E-state index is 0.201. The summed E-state index contributed by atoms with van der Waals surface area (Å²) in [5, 5.41) is 3.61. The van der Waals surface area contributed by atoms with Gasteiger partial charge in [-0.3, -0.25) is 0 Å². The van der Waals surface area contributed by atoms with Crippen molar-refractivity contribution in [3.63, 3.8) is 0 Å². The number of halogens is 1. The van der Waals surface area contributed by atoms with Gasteiger partial charge in [0.2, 0.25) is 5.95 Å². The minimum absolute atomic E-state index is 0.201. The molecule has 2 aromatic rings. The van der Waals surface area contributed by atoms with Gasteiger partial charge in [-0.25, -0.2) is 4.98 Å². The molecule has 0 bridgehead atoms. The average Bonchev–Trinajstić information content (AvgIpc) is 2.53. The molecular weight excluding hydrogens is 286 g/mol. The third kappa shape index (κ3) is 3.36. The molecule has 5 nitrogen and oxygen atoms in total. The van der Waals surface area contributed by atoms with Crippen molar-refractivity contribution in [2.75, 3.05) is 29.0 Å². The molecule has 0 spiro atoms. The number of aromatic nitrogens is 2. The lowest BCUT2D eigenvalue weighted by atomic mass is 10.1. The topological polar surface area (TPSA) is 67.1 Å². The molecule has 3 rings (SSSR count). The molecule has 0 amide bonds. The summed E-state index contributed by atoms with van der Waals surface area (Å²) in [7, 11) is 0. The monoisotopic (exact) mass is 303 g/mol. The van der Waals surface area contributed by atoms with Gasteiger partial charge < -0.3 is 16.0 Å². The van der Waals surface area contributed by atoms with E-state index in [0.717, 1.165) is 18.8 Å². The lowest BCUT2D eigenvalue weighted by Gasteiger charge is -2.28. The van der Waals surface area contributed by atoms with Gasteiger partial charge in [0.25, 0.3) is 0 Å². The number of nitrogens with zero attached hydrogens (tertiary/aromatic N) is 3. The molecule has 1 aliphatic heterocycles. The maximum Gasteiger partial charge on any atom is 0.222 e. The molecule has 3 N–H and O–H groups in total. The molecule has 0 aliphatic carbocycles. The molecule has 0 radical (unpaired) electrons. The Morgan fingerprint density at radius 1 is 1.10 bits per heavy atom. The highest BCUT2D eigenvalue weighted by Gasteiger charge is 2.11. The first-order valence-corrected chi connectivity index (χ1v) is 7.50. The number of rotatable bonds is 3. The van der Waals surface area contributed by atoms with Crippen molar-refractivity contribution in [3.05, 3.63) is 35.5 Å². The largest absolute Gasteiger partial charge is 0.372 e. The lowest BCUT2D eigenvalue weighted by Crippen LogP contribution is -2.29. The smallest absolute Gasteiger partial charge is 0.222 e. The maximum absolute atomic E-state index is 6.05. The average molecular weight is 304 g/mol. The molecule has 0 saturated carbocycles. The summed E-state index contributed by atoms with van der Waals surface area (Å²) < 4.78 is 0. The molecular formula is C15H18ClN5. The zero-order valence-electron chi connectivity index (χ0n) is 11.7. The summed E-state index contributed by atoms with van der Waals surface area (Å²) in [4.78, 5) is 10.4. The van der Waals surface area contributed by atoms with Crippen LogP contribution in [0, 0.1) is 0 Å². The number of hydrogen-bond donors (Lipinski definition) is 2. The highest BCUT2D eigenvalue weighted by molar-refractivity contribution is 6.32. The Kier molecular flexibility index (Phi) is 4.10. The maximum atomic E-state index is 6.05.